The lowest BCUT2D eigenvalue weighted by atomic mass is 9.99. The van der Waals surface area contributed by atoms with Crippen LogP contribution in [0.5, 0.6) is 0 Å². The van der Waals surface area contributed by atoms with Crippen molar-refractivity contribution in [1.82, 2.24) is 4.98 Å². The highest BCUT2D eigenvalue weighted by Gasteiger charge is 2.20. The van der Waals surface area contributed by atoms with Gasteiger partial charge in [0.1, 0.15) is 0 Å². The number of rotatable bonds is 5. The average Bonchev–Trinajstić information content (AvgIpc) is 2.77. The van der Waals surface area contributed by atoms with Crippen molar-refractivity contribution in [2.75, 3.05) is 7.11 Å². The van der Waals surface area contributed by atoms with Crippen molar-refractivity contribution in [3.05, 3.63) is 52.0 Å². The van der Waals surface area contributed by atoms with E-state index in [2.05, 4.69) is 10.4 Å². The first kappa shape index (κ1) is 13.2. The summed E-state index contributed by atoms with van der Waals surface area (Å²) in [5.41, 5.74) is 8.40. The van der Waals surface area contributed by atoms with Gasteiger partial charge in [0.05, 0.1) is 16.8 Å². The topological polar surface area (TPSA) is 48.1 Å². The number of ether oxygens (including phenoxy) is 1. The lowest BCUT2D eigenvalue weighted by Gasteiger charge is -2.22. The fourth-order valence-corrected chi connectivity index (χ4v) is 2.68. The molecule has 0 saturated carbocycles. The van der Waals surface area contributed by atoms with E-state index in [1.807, 2.05) is 37.3 Å². The van der Waals surface area contributed by atoms with Crippen LogP contribution in [0, 0.1) is 6.92 Å². The number of aromatic nitrogens is 1. The van der Waals surface area contributed by atoms with Crippen LogP contribution < -0.4 is 5.73 Å². The standard InChI is InChI=1S/C14H18N2OS/c1-10-16-12(9-18-10)8-13(15)14(17-2)11-6-4-3-5-7-11/h3-7,9,13-14H,8,15H2,1-2H3. The van der Waals surface area contributed by atoms with Gasteiger partial charge in [0.2, 0.25) is 0 Å². The van der Waals surface area contributed by atoms with Crippen molar-refractivity contribution in [3.8, 4) is 0 Å². The summed E-state index contributed by atoms with van der Waals surface area (Å²) in [5.74, 6) is 0. The molecule has 4 heteroatoms. The number of benzene rings is 1. The first-order valence-electron chi connectivity index (χ1n) is 5.95. The summed E-state index contributed by atoms with van der Waals surface area (Å²) in [7, 11) is 1.70. The predicted molar refractivity (Wildman–Crippen MR) is 74.7 cm³/mol. The second kappa shape index (κ2) is 6.09. The predicted octanol–water partition coefficient (Wildman–Crippen LogP) is 2.71. The maximum absolute atomic E-state index is 6.24. The molecule has 18 heavy (non-hydrogen) atoms. The Balaban J connectivity index is 2.08. The molecule has 0 saturated heterocycles. The van der Waals surface area contributed by atoms with Crippen LogP contribution in [0.15, 0.2) is 35.7 Å². The third-order valence-electron chi connectivity index (χ3n) is 2.88. The van der Waals surface area contributed by atoms with Crippen LogP contribution in [-0.4, -0.2) is 18.1 Å². The van der Waals surface area contributed by atoms with E-state index in [0.717, 1.165) is 22.7 Å². The molecule has 0 radical (unpaired) electrons. The van der Waals surface area contributed by atoms with Gasteiger partial charge in [-0.1, -0.05) is 30.3 Å². The van der Waals surface area contributed by atoms with Crippen molar-refractivity contribution >= 4 is 11.3 Å². The zero-order valence-corrected chi connectivity index (χ0v) is 11.5. The Hall–Kier alpha value is -1.23. The van der Waals surface area contributed by atoms with Crippen molar-refractivity contribution in [2.45, 2.75) is 25.5 Å². The molecular weight excluding hydrogens is 244 g/mol. The van der Waals surface area contributed by atoms with Gasteiger partial charge in [-0.15, -0.1) is 11.3 Å². The Morgan fingerprint density at radius 1 is 1.33 bits per heavy atom. The summed E-state index contributed by atoms with van der Waals surface area (Å²) in [6, 6.07) is 9.99. The zero-order valence-electron chi connectivity index (χ0n) is 10.7. The van der Waals surface area contributed by atoms with Gasteiger partial charge in [-0.2, -0.15) is 0 Å². The molecule has 0 aliphatic rings. The van der Waals surface area contributed by atoms with Crippen molar-refractivity contribution in [3.63, 3.8) is 0 Å². The summed E-state index contributed by atoms with van der Waals surface area (Å²) in [4.78, 5) is 4.44. The summed E-state index contributed by atoms with van der Waals surface area (Å²) in [6.07, 6.45) is 0.644. The molecule has 1 aromatic heterocycles. The van der Waals surface area contributed by atoms with Crippen molar-refractivity contribution in [1.29, 1.82) is 0 Å². The molecule has 0 fully saturated rings. The third-order valence-corrected chi connectivity index (χ3v) is 3.70. The minimum atomic E-state index is -0.0896. The second-order valence-corrected chi connectivity index (χ2v) is 5.36. The van der Waals surface area contributed by atoms with Crippen LogP contribution in [-0.2, 0) is 11.2 Å². The van der Waals surface area contributed by atoms with Crippen LogP contribution >= 0.6 is 11.3 Å². The summed E-state index contributed by atoms with van der Waals surface area (Å²) in [6.45, 7) is 2.00. The number of nitrogens with zero attached hydrogens (tertiary/aromatic N) is 1. The summed E-state index contributed by atoms with van der Waals surface area (Å²) >= 11 is 1.65. The van der Waals surface area contributed by atoms with Crippen LogP contribution in [0.2, 0.25) is 0 Å². The smallest absolute Gasteiger partial charge is 0.0975 e. The Bertz CT molecular complexity index is 484. The quantitative estimate of drug-likeness (QED) is 0.901. The van der Waals surface area contributed by atoms with E-state index in [-0.39, 0.29) is 12.1 Å². The molecule has 0 amide bonds. The zero-order chi connectivity index (χ0) is 13.0. The minimum absolute atomic E-state index is 0.0844. The van der Waals surface area contributed by atoms with E-state index < -0.39 is 0 Å². The Kier molecular flexibility index (Phi) is 4.47. The molecule has 0 aliphatic carbocycles. The number of aryl methyl sites for hydroxylation is 1. The van der Waals surface area contributed by atoms with Crippen LogP contribution in [0.3, 0.4) is 0 Å². The Labute approximate surface area is 112 Å². The molecular formula is C14H18N2OS. The van der Waals surface area contributed by atoms with E-state index >= 15 is 0 Å². The van der Waals surface area contributed by atoms with Crippen LogP contribution in [0.4, 0.5) is 0 Å². The number of hydrogen-bond donors (Lipinski definition) is 1. The normalized spacial score (nSPS) is 14.4. The highest BCUT2D eigenvalue weighted by atomic mass is 32.1. The summed E-state index contributed by atoms with van der Waals surface area (Å²) < 4.78 is 5.53. The molecule has 2 rings (SSSR count). The van der Waals surface area contributed by atoms with Gasteiger partial charge in [0.15, 0.2) is 0 Å². The number of nitrogens with two attached hydrogens (primary N) is 1. The van der Waals surface area contributed by atoms with Gasteiger partial charge in [-0.25, -0.2) is 4.98 Å². The minimum Gasteiger partial charge on any atom is -0.375 e. The van der Waals surface area contributed by atoms with E-state index in [4.69, 9.17) is 10.5 Å². The largest absolute Gasteiger partial charge is 0.375 e. The van der Waals surface area contributed by atoms with Gasteiger partial charge in [-0.05, 0) is 12.5 Å². The molecule has 3 nitrogen and oxygen atoms in total. The SMILES string of the molecule is COC(c1ccccc1)C(N)Cc1csc(C)n1. The van der Waals surface area contributed by atoms with Crippen LogP contribution in [0.25, 0.3) is 0 Å². The molecule has 0 bridgehead atoms. The van der Waals surface area contributed by atoms with Crippen LogP contribution in [0.1, 0.15) is 22.4 Å². The first-order chi connectivity index (χ1) is 8.70. The molecule has 96 valence electrons. The average molecular weight is 262 g/mol. The van der Waals surface area contributed by atoms with Crippen molar-refractivity contribution in [2.24, 2.45) is 5.73 Å². The second-order valence-electron chi connectivity index (χ2n) is 4.29. The maximum Gasteiger partial charge on any atom is 0.0975 e. The molecule has 0 aliphatic heterocycles. The number of thiazole rings is 1. The number of methoxy groups -OCH3 is 1. The number of hydrogen-bond acceptors (Lipinski definition) is 4. The van der Waals surface area contributed by atoms with E-state index in [9.17, 15) is 0 Å². The van der Waals surface area contributed by atoms with E-state index in [1.54, 1.807) is 18.4 Å². The van der Waals surface area contributed by atoms with Gasteiger partial charge in [0, 0.05) is 25.0 Å². The molecule has 2 atom stereocenters. The third kappa shape index (κ3) is 3.16. The molecule has 0 spiro atoms. The van der Waals surface area contributed by atoms with Gasteiger partial charge >= 0.3 is 0 Å². The van der Waals surface area contributed by atoms with Gasteiger partial charge in [-0.3, -0.25) is 0 Å². The highest BCUT2D eigenvalue weighted by Crippen LogP contribution is 2.22. The summed E-state index contributed by atoms with van der Waals surface area (Å²) in [5, 5.41) is 3.14. The molecule has 2 unspecified atom stereocenters. The van der Waals surface area contributed by atoms with Gasteiger partial charge in [0.25, 0.3) is 0 Å². The lowest BCUT2D eigenvalue weighted by molar-refractivity contribution is 0.0800. The lowest BCUT2D eigenvalue weighted by Crippen LogP contribution is -2.32. The first-order valence-corrected chi connectivity index (χ1v) is 6.83. The molecule has 1 heterocycles. The van der Waals surface area contributed by atoms with Gasteiger partial charge < -0.3 is 10.5 Å². The molecule has 1 aromatic carbocycles. The van der Waals surface area contributed by atoms with Crippen molar-refractivity contribution < 1.29 is 4.74 Å². The molecule has 2 N–H and O–H groups in total. The Morgan fingerprint density at radius 3 is 2.61 bits per heavy atom. The fraction of sp³-hybridized carbons (Fsp3) is 0.357. The fourth-order valence-electron chi connectivity index (χ4n) is 2.05. The monoisotopic (exact) mass is 262 g/mol. The highest BCUT2D eigenvalue weighted by molar-refractivity contribution is 7.09. The van der Waals surface area contributed by atoms with E-state index in [0.29, 0.717) is 0 Å². The Morgan fingerprint density at radius 2 is 2.06 bits per heavy atom. The van der Waals surface area contributed by atoms with E-state index in [1.165, 1.54) is 0 Å². The molecule has 2 aromatic rings. The maximum atomic E-state index is 6.24.